The molecule has 0 fully saturated rings. The minimum atomic E-state index is -1.50. The van der Waals surface area contributed by atoms with Crippen LogP contribution < -0.4 is 0 Å². The van der Waals surface area contributed by atoms with E-state index < -0.39 is 20.3 Å². The quantitative estimate of drug-likeness (QED) is 0.214. The van der Waals surface area contributed by atoms with Crippen molar-refractivity contribution >= 4 is 51.4 Å². The van der Waals surface area contributed by atoms with Gasteiger partial charge in [-0.3, -0.25) is 0 Å². The summed E-state index contributed by atoms with van der Waals surface area (Å²) >= 11 is 0. The topological polar surface area (TPSA) is 253 Å². The summed E-state index contributed by atoms with van der Waals surface area (Å²) in [6.45, 7) is 0. The third-order valence-corrected chi connectivity index (χ3v) is 0. The second-order valence-corrected chi connectivity index (χ2v) is 0.951. The summed E-state index contributed by atoms with van der Waals surface area (Å²) in [4.78, 5) is 33.4. The molecule has 0 spiro atoms. The van der Waals surface area contributed by atoms with E-state index in [0.717, 1.165) is 0 Å². The van der Waals surface area contributed by atoms with Gasteiger partial charge < -0.3 is 20.8 Å². The van der Waals surface area contributed by atoms with Crippen molar-refractivity contribution in [2.24, 2.45) is 0 Å². The number of rotatable bonds is 0. The molecule has 17 heteroatoms. The van der Waals surface area contributed by atoms with Gasteiger partial charge in [-0.1, -0.05) is 0 Å². The van der Waals surface area contributed by atoms with E-state index in [4.69, 9.17) is 61.3 Å². The maximum absolute atomic E-state index is 8.36. The van der Waals surface area contributed by atoms with Gasteiger partial charge in [0.05, 0.1) is 0 Å². The van der Waals surface area contributed by atoms with Crippen LogP contribution in [0.5, 0.6) is 0 Å². The Kier molecular flexibility index (Phi) is 41.6. The molecule has 0 atom stereocenters. The summed E-state index contributed by atoms with van der Waals surface area (Å²) in [5.41, 5.74) is 0. The van der Waals surface area contributed by atoms with Crippen LogP contribution >= 0.6 is 0 Å². The first-order valence-electron chi connectivity index (χ1n) is 2.26. The van der Waals surface area contributed by atoms with Crippen LogP contribution in [0.4, 0.5) is 0 Å². The third-order valence-electron chi connectivity index (χ3n) is 0. The first-order valence-corrected chi connectivity index (χ1v) is 2.26. The average Bonchev–Trinajstić information content (AvgIpc) is 1.76. The fraction of sp³-hybridized carbons (Fsp3) is 0. The molecule has 0 aromatic rings. The van der Waals surface area contributed by atoms with Gasteiger partial charge in [0.2, 0.25) is 0 Å². The molecule has 0 aromatic carbocycles. The van der Waals surface area contributed by atoms with E-state index in [1.54, 1.807) is 0 Å². The van der Waals surface area contributed by atoms with Crippen LogP contribution in [-0.4, -0.2) is 92.6 Å². The molecule has 0 radical (unpaired) electrons. The van der Waals surface area contributed by atoms with Gasteiger partial charge in [0.25, 0.3) is 20.3 Å². The predicted octanol–water partition coefficient (Wildman–Crippen LogP) is -2.04. The molecular formula is H5KN4O12. The van der Waals surface area contributed by atoms with Crippen LogP contribution in [0.1, 0.15) is 0 Å². The monoisotopic (exact) mass is 292 g/mol. The standard InChI is InChI=1S/K.4HNO3.H/c;4*2-1(3)4;/h;4*(H,2,3,4);. The Morgan fingerprint density at radius 3 is 0.529 bits per heavy atom. The molecule has 0 amide bonds. The summed E-state index contributed by atoms with van der Waals surface area (Å²) in [5, 5.41) is 54.6. The molecule has 0 aromatic heterocycles. The van der Waals surface area contributed by atoms with Crippen LogP contribution in [0.3, 0.4) is 0 Å². The van der Waals surface area contributed by atoms with E-state index in [2.05, 4.69) is 0 Å². The van der Waals surface area contributed by atoms with Crippen molar-refractivity contribution in [2.75, 3.05) is 0 Å². The molecule has 0 aliphatic rings. The van der Waals surface area contributed by atoms with Crippen molar-refractivity contribution in [1.82, 2.24) is 0 Å². The van der Waals surface area contributed by atoms with E-state index in [1.165, 1.54) is 0 Å². The van der Waals surface area contributed by atoms with Gasteiger partial charge in [0, 0.05) is 0 Å². The van der Waals surface area contributed by atoms with Crippen LogP contribution in [0, 0.1) is 40.5 Å². The molecule has 0 bridgehead atoms. The maximum atomic E-state index is 8.36. The zero-order valence-corrected chi connectivity index (χ0v) is 6.84. The van der Waals surface area contributed by atoms with Gasteiger partial charge in [-0.15, -0.1) is 40.5 Å². The molecule has 4 N–H and O–H groups in total. The third kappa shape index (κ3) is 913. The summed E-state index contributed by atoms with van der Waals surface area (Å²) in [5.74, 6) is 0. The van der Waals surface area contributed by atoms with Crippen molar-refractivity contribution in [3.63, 3.8) is 0 Å². The van der Waals surface area contributed by atoms with Crippen molar-refractivity contribution in [1.29, 1.82) is 0 Å². The minimum absolute atomic E-state index is 0. The van der Waals surface area contributed by atoms with Gasteiger partial charge >= 0.3 is 51.4 Å². The Hall–Kier alpha value is -1.56. The van der Waals surface area contributed by atoms with Gasteiger partial charge in [-0.25, -0.2) is 0 Å². The molecule has 0 aliphatic heterocycles. The van der Waals surface area contributed by atoms with Crippen LogP contribution in [0.25, 0.3) is 0 Å². The molecule has 0 saturated carbocycles. The second-order valence-electron chi connectivity index (χ2n) is 0.951. The summed E-state index contributed by atoms with van der Waals surface area (Å²) in [7, 11) is 0. The van der Waals surface area contributed by atoms with E-state index in [1.807, 2.05) is 0 Å². The molecular weight excluding hydrogens is 287 g/mol. The van der Waals surface area contributed by atoms with Crippen molar-refractivity contribution in [3.8, 4) is 0 Å². The second kappa shape index (κ2) is 23.9. The summed E-state index contributed by atoms with van der Waals surface area (Å²) in [6.07, 6.45) is 0. The van der Waals surface area contributed by atoms with Gasteiger partial charge in [0.15, 0.2) is 0 Å². The summed E-state index contributed by atoms with van der Waals surface area (Å²) in [6, 6.07) is 0. The van der Waals surface area contributed by atoms with Crippen LogP contribution in [-0.2, 0) is 0 Å². The summed E-state index contributed by atoms with van der Waals surface area (Å²) < 4.78 is 0. The molecule has 0 rings (SSSR count). The Morgan fingerprint density at radius 2 is 0.529 bits per heavy atom. The predicted molar refractivity (Wildman–Crippen MR) is 42.3 cm³/mol. The Labute approximate surface area is 132 Å². The molecule has 17 heavy (non-hydrogen) atoms. The average molecular weight is 292 g/mol. The van der Waals surface area contributed by atoms with Gasteiger partial charge in [-0.05, 0) is 0 Å². The first kappa shape index (κ1) is 29.5. The fourth-order valence-corrected chi connectivity index (χ4v) is 0. The molecule has 16 nitrogen and oxygen atoms in total. The van der Waals surface area contributed by atoms with E-state index in [9.17, 15) is 0 Å². The molecule has 0 aliphatic carbocycles. The van der Waals surface area contributed by atoms with E-state index in [-0.39, 0.29) is 51.4 Å². The van der Waals surface area contributed by atoms with Crippen molar-refractivity contribution < 1.29 is 41.2 Å². The Balaban J connectivity index is -0.0000000369. The zero-order chi connectivity index (χ0) is 14.3. The Bertz CT molecular complexity index is 159. The van der Waals surface area contributed by atoms with Crippen LogP contribution in [0.15, 0.2) is 0 Å². The Morgan fingerprint density at radius 1 is 0.529 bits per heavy atom. The first-order chi connectivity index (χ1) is 6.93. The molecule has 0 unspecified atom stereocenters. The van der Waals surface area contributed by atoms with E-state index >= 15 is 0 Å². The van der Waals surface area contributed by atoms with E-state index in [0.29, 0.717) is 0 Å². The van der Waals surface area contributed by atoms with Crippen LogP contribution in [0.2, 0.25) is 0 Å². The normalized spacial score (nSPS) is 5.65. The fourth-order valence-electron chi connectivity index (χ4n) is 0. The zero-order valence-electron chi connectivity index (χ0n) is 6.84. The SMILES string of the molecule is O=[N+]([O-])O.O=[N+]([O-])O.O=[N+]([O-])O.O=[N+]([O-])O.[KH]. The molecule has 98 valence electrons. The molecule has 0 saturated heterocycles. The number of hydrogen-bond acceptors (Lipinski definition) is 8. The number of nitrogens with zero attached hydrogens (tertiary/aromatic N) is 4. The van der Waals surface area contributed by atoms with Gasteiger partial charge in [0.1, 0.15) is 0 Å². The molecule has 0 heterocycles. The van der Waals surface area contributed by atoms with Crippen molar-refractivity contribution in [2.45, 2.75) is 0 Å². The van der Waals surface area contributed by atoms with Gasteiger partial charge in [-0.2, -0.15) is 0 Å². The van der Waals surface area contributed by atoms with Crippen molar-refractivity contribution in [3.05, 3.63) is 40.5 Å². The number of hydrogen-bond donors (Lipinski definition) is 4.